The fraction of sp³-hybridized carbons (Fsp3) is 0.478. The molecule has 8 N–H and O–H groups in total. The van der Waals surface area contributed by atoms with E-state index < -0.39 is 47.9 Å². The number of amides is 3. The molecule has 0 aliphatic heterocycles. The molecule has 0 saturated heterocycles. The Kier molecular flexibility index (Phi) is 9.58. The third kappa shape index (κ3) is 7.29. The largest absolute Gasteiger partial charge is 0.480 e. The van der Waals surface area contributed by atoms with Gasteiger partial charge in [-0.1, -0.05) is 32.0 Å². The number of rotatable bonds is 12. The van der Waals surface area contributed by atoms with E-state index in [1.54, 1.807) is 6.20 Å². The quantitative estimate of drug-likeness (QED) is 0.218. The number of carboxylic acid groups (broad SMARTS) is 1. The molecule has 2 aromatic rings. The highest BCUT2D eigenvalue weighted by atomic mass is 16.4. The highest BCUT2D eigenvalue weighted by Gasteiger charge is 2.32. The van der Waals surface area contributed by atoms with Crippen LogP contribution in [0.5, 0.6) is 0 Å². The van der Waals surface area contributed by atoms with E-state index in [0.717, 1.165) is 10.9 Å². The number of H-pyrrole nitrogens is 1. The lowest BCUT2D eigenvalue weighted by molar-refractivity contribution is -0.143. The summed E-state index contributed by atoms with van der Waals surface area (Å²) in [4.78, 5) is 52.3. The lowest BCUT2D eigenvalue weighted by atomic mass is 10.0. The van der Waals surface area contributed by atoms with Crippen LogP contribution >= 0.6 is 0 Å². The van der Waals surface area contributed by atoms with Crippen molar-refractivity contribution in [1.29, 1.82) is 0 Å². The van der Waals surface area contributed by atoms with Gasteiger partial charge in [0.05, 0.1) is 12.6 Å². The van der Waals surface area contributed by atoms with E-state index in [0.29, 0.717) is 5.56 Å². The van der Waals surface area contributed by atoms with Gasteiger partial charge in [0, 0.05) is 23.5 Å². The number of aromatic nitrogens is 1. The molecule has 0 fully saturated rings. The second kappa shape index (κ2) is 12.1. The first-order valence-corrected chi connectivity index (χ1v) is 11.1. The minimum Gasteiger partial charge on any atom is -0.480 e. The lowest BCUT2D eigenvalue weighted by Gasteiger charge is -2.26. The van der Waals surface area contributed by atoms with Gasteiger partial charge in [0.1, 0.15) is 18.1 Å². The van der Waals surface area contributed by atoms with Crippen LogP contribution in [0.2, 0.25) is 0 Å². The number of nitrogens with one attached hydrogen (secondary N) is 4. The van der Waals surface area contributed by atoms with Crippen molar-refractivity contribution < 1.29 is 29.4 Å². The topological polar surface area (TPSA) is 187 Å². The van der Waals surface area contributed by atoms with Crippen molar-refractivity contribution >= 4 is 34.6 Å². The van der Waals surface area contributed by atoms with E-state index in [2.05, 4.69) is 20.9 Å². The Labute approximate surface area is 197 Å². The zero-order valence-electron chi connectivity index (χ0n) is 19.5. The molecular weight excluding hydrogens is 442 g/mol. The van der Waals surface area contributed by atoms with Crippen LogP contribution < -0.4 is 21.7 Å². The van der Waals surface area contributed by atoms with Gasteiger partial charge >= 0.3 is 5.97 Å². The summed E-state index contributed by atoms with van der Waals surface area (Å²) in [6.07, 6.45) is 0.631. The predicted molar refractivity (Wildman–Crippen MR) is 126 cm³/mol. The predicted octanol–water partition coefficient (Wildman–Crippen LogP) is -0.365. The molecule has 4 unspecified atom stereocenters. The summed E-state index contributed by atoms with van der Waals surface area (Å²) < 4.78 is 0. The van der Waals surface area contributed by atoms with Crippen LogP contribution in [-0.2, 0) is 25.6 Å². The minimum atomic E-state index is -1.43. The number of hydrogen-bond donors (Lipinski definition) is 7. The van der Waals surface area contributed by atoms with Gasteiger partial charge in [0.25, 0.3) is 0 Å². The van der Waals surface area contributed by atoms with Crippen LogP contribution in [0.3, 0.4) is 0 Å². The van der Waals surface area contributed by atoms with Crippen molar-refractivity contribution in [3.63, 3.8) is 0 Å². The number of aliphatic carboxylic acids is 1. The maximum atomic E-state index is 12.9. The van der Waals surface area contributed by atoms with Crippen molar-refractivity contribution in [3.05, 3.63) is 36.0 Å². The average Bonchev–Trinajstić information content (AvgIpc) is 3.18. The normalized spacial score (nSPS) is 14.8. The van der Waals surface area contributed by atoms with Crippen LogP contribution in [0.4, 0.5) is 0 Å². The second-order valence-electron chi connectivity index (χ2n) is 8.64. The number of para-hydroxylation sites is 1. The zero-order valence-corrected chi connectivity index (χ0v) is 19.5. The van der Waals surface area contributed by atoms with Crippen molar-refractivity contribution in [3.8, 4) is 0 Å². The van der Waals surface area contributed by atoms with Gasteiger partial charge in [-0.05, 0) is 30.9 Å². The van der Waals surface area contributed by atoms with Crippen LogP contribution in [-0.4, -0.2) is 69.7 Å². The molecule has 0 saturated carbocycles. The number of aromatic amines is 1. The molecule has 4 atom stereocenters. The molecule has 0 aliphatic rings. The van der Waals surface area contributed by atoms with Crippen molar-refractivity contribution in [2.24, 2.45) is 11.7 Å². The van der Waals surface area contributed by atoms with Gasteiger partial charge in [-0.2, -0.15) is 0 Å². The summed E-state index contributed by atoms with van der Waals surface area (Å²) in [6.45, 7) is 4.71. The van der Waals surface area contributed by atoms with Crippen molar-refractivity contribution in [1.82, 2.24) is 20.9 Å². The zero-order chi connectivity index (χ0) is 25.4. The Bertz CT molecular complexity index is 1020. The average molecular weight is 476 g/mol. The monoisotopic (exact) mass is 475 g/mol. The van der Waals surface area contributed by atoms with Gasteiger partial charge in [-0.15, -0.1) is 0 Å². The molecule has 1 aromatic carbocycles. The summed E-state index contributed by atoms with van der Waals surface area (Å²) in [5.41, 5.74) is 6.84. The van der Waals surface area contributed by atoms with Gasteiger partial charge in [0.15, 0.2) is 0 Å². The van der Waals surface area contributed by atoms with E-state index in [1.165, 1.54) is 6.92 Å². The lowest BCUT2D eigenvalue weighted by Crippen LogP contribution is -2.59. The smallest absolute Gasteiger partial charge is 0.326 e. The molecule has 0 bridgehead atoms. The standard InChI is InChI=1S/C23H33N5O6/c1-12(2)8-17(26-19(30)10-24)21(31)28-20(13(3)29)22(32)27-18(23(33)34)9-14-11-25-16-7-5-4-6-15(14)16/h4-7,11-13,17-18,20,25,29H,8-10,24H2,1-3H3,(H,26,30)(H,27,32)(H,28,31)(H,33,34). The number of carboxylic acids is 1. The fourth-order valence-corrected chi connectivity index (χ4v) is 3.60. The molecule has 11 nitrogen and oxygen atoms in total. The van der Waals surface area contributed by atoms with E-state index in [-0.39, 0.29) is 25.3 Å². The number of benzene rings is 1. The molecule has 2 rings (SSSR count). The van der Waals surface area contributed by atoms with E-state index >= 15 is 0 Å². The summed E-state index contributed by atoms with van der Waals surface area (Å²) in [5, 5.41) is 28.0. The molecule has 11 heteroatoms. The van der Waals surface area contributed by atoms with Gasteiger partial charge < -0.3 is 36.9 Å². The maximum Gasteiger partial charge on any atom is 0.326 e. The van der Waals surface area contributed by atoms with E-state index in [1.807, 2.05) is 38.1 Å². The number of hydrogen-bond acceptors (Lipinski definition) is 6. The first-order chi connectivity index (χ1) is 16.0. The molecule has 186 valence electrons. The first kappa shape index (κ1) is 26.8. The summed E-state index contributed by atoms with van der Waals surface area (Å²) in [6, 6.07) is 3.66. The first-order valence-electron chi connectivity index (χ1n) is 11.1. The molecule has 0 aliphatic carbocycles. The van der Waals surface area contributed by atoms with Crippen molar-refractivity contribution in [2.75, 3.05) is 6.54 Å². The van der Waals surface area contributed by atoms with Crippen LogP contribution in [0.25, 0.3) is 10.9 Å². The SMILES string of the molecule is CC(C)CC(NC(=O)CN)C(=O)NC(C(=O)NC(Cc1c[nH]c2ccccc12)C(=O)O)C(C)O. The van der Waals surface area contributed by atoms with Gasteiger partial charge in [-0.25, -0.2) is 4.79 Å². The summed E-state index contributed by atoms with van der Waals surface area (Å²) in [5.74, 6) is -3.30. The Balaban J connectivity index is 2.15. The van der Waals surface area contributed by atoms with E-state index in [9.17, 15) is 29.4 Å². The minimum absolute atomic E-state index is 0.00586. The fourth-order valence-electron chi connectivity index (χ4n) is 3.60. The Morgan fingerprint density at radius 1 is 1.00 bits per heavy atom. The van der Waals surface area contributed by atoms with Crippen molar-refractivity contribution in [2.45, 2.75) is 57.8 Å². The molecule has 34 heavy (non-hydrogen) atoms. The molecule has 1 heterocycles. The van der Waals surface area contributed by atoms with Gasteiger partial charge in [0.2, 0.25) is 17.7 Å². The Morgan fingerprint density at radius 3 is 2.26 bits per heavy atom. The van der Waals surface area contributed by atoms with E-state index in [4.69, 9.17) is 5.73 Å². The molecule has 3 amide bonds. The second-order valence-corrected chi connectivity index (χ2v) is 8.64. The third-order valence-electron chi connectivity index (χ3n) is 5.32. The van der Waals surface area contributed by atoms with Crippen LogP contribution in [0.1, 0.15) is 32.8 Å². The number of carbonyl (C=O) groups is 4. The van der Waals surface area contributed by atoms with Crippen LogP contribution in [0.15, 0.2) is 30.5 Å². The summed E-state index contributed by atoms with van der Waals surface area (Å²) in [7, 11) is 0. The number of nitrogens with two attached hydrogens (primary N) is 1. The Hall–Kier alpha value is -3.44. The number of carbonyl (C=O) groups excluding carboxylic acids is 3. The molecule has 0 radical (unpaired) electrons. The van der Waals surface area contributed by atoms with Gasteiger partial charge in [-0.3, -0.25) is 14.4 Å². The molecular formula is C23H33N5O6. The maximum absolute atomic E-state index is 12.9. The Morgan fingerprint density at radius 2 is 1.68 bits per heavy atom. The highest BCUT2D eigenvalue weighted by Crippen LogP contribution is 2.19. The van der Waals surface area contributed by atoms with Crippen LogP contribution in [0, 0.1) is 5.92 Å². The third-order valence-corrected chi connectivity index (χ3v) is 5.32. The summed E-state index contributed by atoms with van der Waals surface area (Å²) >= 11 is 0. The number of aliphatic hydroxyl groups excluding tert-OH is 1. The number of fused-ring (bicyclic) bond motifs is 1. The molecule has 1 aromatic heterocycles. The highest BCUT2D eigenvalue weighted by molar-refractivity contribution is 5.94. The molecule has 0 spiro atoms. The number of aliphatic hydroxyl groups is 1.